The zero-order valence-corrected chi connectivity index (χ0v) is 13.9. The standard InChI is InChI=1S/C15H26O2.Mn.2O/c1-9-5-6-10-13(2,3)11-7-15(9,10)8-12(16)14(11,4)17;;;/h9-12,16-17H,5-8H2,1-4H3;;;/t9-,10+,11-,12?,14?,15-;;;/m1.../s1. The van der Waals surface area contributed by atoms with Crippen LogP contribution in [0.25, 0.3) is 0 Å². The molecule has 0 radical (unpaired) electrons. The molecule has 0 aromatic carbocycles. The van der Waals surface area contributed by atoms with Gasteiger partial charge in [0.15, 0.2) is 0 Å². The van der Waals surface area contributed by atoms with Gasteiger partial charge in [0.05, 0.1) is 11.7 Å². The Morgan fingerprint density at radius 3 is 2.15 bits per heavy atom. The molecule has 0 aliphatic heterocycles. The van der Waals surface area contributed by atoms with E-state index in [4.69, 9.17) is 7.67 Å². The second kappa shape index (κ2) is 5.05. The van der Waals surface area contributed by atoms with E-state index in [1.807, 2.05) is 6.92 Å². The summed E-state index contributed by atoms with van der Waals surface area (Å²) in [4.78, 5) is 0. The van der Waals surface area contributed by atoms with E-state index in [0.717, 1.165) is 12.8 Å². The number of aliphatic hydroxyl groups is 2. The average Bonchev–Trinajstić information content (AvgIpc) is 2.73. The van der Waals surface area contributed by atoms with E-state index in [2.05, 4.69) is 20.8 Å². The topological polar surface area (TPSA) is 74.6 Å². The summed E-state index contributed by atoms with van der Waals surface area (Å²) < 4.78 is 16.8. The average molecular weight is 325 g/mol. The van der Waals surface area contributed by atoms with Gasteiger partial charge in [-0.05, 0) is 61.2 Å². The van der Waals surface area contributed by atoms with E-state index in [9.17, 15) is 10.2 Å². The van der Waals surface area contributed by atoms with Crippen molar-refractivity contribution in [3.8, 4) is 0 Å². The van der Waals surface area contributed by atoms with Crippen molar-refractivity contribution in [2.45, 2.75) is 65.1 Å². The molecule has 5 heteroatoms. The molecule has 3 aliphatic carbocycles. The summed E-state index contributed by atoms with van der Waals surface area (Å²) >= 11 is -1.44. The Morgan fingerprint density at radius 1 is 1.05 bits per heavy atom. The predicted molar refractivity (Wildman–Crippen MR) is 68.8 cm³/mol. The first-order valence-electron chi connectivity index (χ1n) is 7.44. The van der Waals surface area contributed by atoms with Gasteiger partial charge in [0, 0.05) is 0 Å². The van der Waals surface area contributed by atoms with Gasteiger partial charge in [-0.3, -0.25) is 0 Å². The third kappa shape index (κ3) is 2.01. The van der Waals surface area contributed by atoms with E-state index in [0.29, 0.717) is 17.3 Å². The Bertz CT molecular complexity index is 428. The molecule has 3 aliphatic rings. The van der Waals surface area contributed by atoms with E-state index < -0.39 is 26.5 Å². The predicted octanol–water partition coefficient (Wildman–Crippen LogP) is 2.34. The second-order valence-electron chi connectivity index (χ2n) is 7.85. The number of aliphatic hydroxyl groups excluding tert-OH is 1. The summed E-state index contributed by atoms with van der Waals surface area (Å²) in [6, 6.07) is 0. The fraction of sp³-hybridized carbons (Fsp3) is 1.00. The van der Waals surface area contributed by atoms with E-state index in [1.165, 1.54) is 12.8 Å². The van der Waals surface area contributed by atoms with Crippen molar-refractivity contribution in [1.29, 1.82) is 0 Å². The summed E-state index contributed by atoms with van der Waals surface area (Å²) in [6.45, 7) is 8.83. The number of hydrogen-bond donors (Lipinski definition) is 2. The molecule has 4 nitrogen and oxygen atoms in total. The molecular weight excluding hydrogens is 299 g/mol. The van der Waals surface area contributed by atoms with Gasteiger partial charge in [0.1, 0.15) is 0 Å². The van der Waals surface area contributed by atoms with Crippen molar-refractivity contribution in [3.05, 3.63) is 0 Å². The molecule has 6 atom stereocenters. The quantitative estimate of drug-likeness (QED) is 0.671. The molecule has 20 heavy (non-hydrogen) atoms. The molecule has 0 saturated heterocycles. The second-order valence-corrected chi connectivity index (χ2v) is 8.05. The van der Waals surface area contributed by atoms with Gasteiger partial charge in [-0.25, -0.2) is 0 Å². The minimum atomic E-state index is -1.44. The summed E-state index contributed by atoms with van der Waals surface area (Å²) in [6.07, 6.45) is 3.98. The fourth-order valence-corrected chi connectivity index (χ4v) is 5.86. The molecule has 0 heterocycles. The SMILES string of the molecule is C[C@@H]1CC[C@H]2C(C)(C)[C@H]3C[C@@]12CC(O)C3(C)O.[O]=[Mn]=[O]. The zero-order valence-electron chi connectivity index (χ0n) is 12.7. The molecule has 2 bridgehead atoms. The van der Waals surface area contributed by atoms with Crippen LogP contribution in [0.3, 0.4) is 0 Å². The number of hydrogen-bond acceptors (Lipinski definition) is 4. The van der Waals surface area contributed by atoms with Gasteiger partial charge in [0.25, 0.3) is 0 Å². The Hall–Kier alpha value is 0.0395. The van der Waals surface area contributed by atoms with Gasteiger partial charge in [-0.2, -0.15) is 0 Å². The molecule has 2 unspecified atom stereocenters. The van der Waals surface area contributed by atoms with Crippen LogP contribution in [0, 0.1) is 28.6 Å². The third-order valence-electron chi connectivity index (χ3n) is 6.90. The Kier molecular flexibility index (Phi) is 4.14. The molecule has 2 N–H and O–H groups in total. The Morgan fingerprint density at radius 2 is 1.60 bits per heavy atom. The van der Waals surface area contributed by atoms with Gasteiger partial charge < -0.3 is 10.2 Å². The van der Waals surface area contributed by atoms with E-state index in [1.54, 1.807) is 0 Å². The van der Waals surface area contributed by atoms with E-state index >= 15 is 0 Å². The van der Waals surface area contributed by atoms with Crippen LogP contribution in [0.15, 0.2) is 0 Å². The van der Waals surface area contributed by atoms with Crippen molar-refractivity contribution in [2.75, 3.05) is 0 Å². The molecule has 3 saturated carbocycles. The number of fused-ring (bicyclic) bond motifs is 1. The van der Waals surface area contributed by atoms with Gasteiger partial charge in [0.2, 0.25) is 0 Å². The summed E-state index contributed by atoms with van der Waals surface area (Å²) in [5, 5.41) is 21.0. The Balaban J connectivity index is 0.000000452. The van der Waals surface area contributed by atoms with Crippen LogP contribution < -0.4 is 0 Å². The molecule has 3 rings (SSSR count). The van der Waals surface area contributed by atoms with Crippen molar-refractivity contribution < 1.29 is 32.7 Å². The van der Waals surface area contributed by atoms with E-state index in [-0.39, 0.29) is 11.3 Å². The molecule has 0 amide bonds. The summed E-state index contributed by atoms with van der Waals surface area (Å²) in [7, 11) is 0. The summed E-state index contributed by atoms with van der Waals surface area (Å²) in [5.41, 5.74) is -0.402. The molecule has 0 aromatic rings. The molecular formula is C15H26MnO4. The minimum absolute atomic E-state index is 0.172. The van der Waals surface area contributed by atoms with Crippen molar-refractivity contribution in [3.63, 3.8) is 0 Å². The third-order valence-corrected chi connectivity index (χ3v) is 6.90. The fourth-order valence-electron chi connectivity index (χ4n) is 5.86. The van der Waals surface area contributed by atoms with Gasteiger partial charge in [-0.1, -0.05) is 20.8 Å². The van der Waals surface area contributed by atoms with Crippen LogP contribution in [0.1, 0.15) is 53.4 Å². The van der Waals surface area contributed by atoms with Gasteiger partial charge in [-0.15, -0.1) is 0 Å². The maximum atomic E-state index is 10.7. The van der Waals surface area contributed by atoms with Crippen LogP contribution in [0.2, 0.25) is 0 Å². The first kappa shape index (κ1) is 16.4. The number of rotatable bonds is 0. The van der Waals surface area contributed by atoms with Crippen LogP contribution in [0.4, 0.5) is 0 Å². The van der Waals surface area contributed by atoms with Gasteiger partial charge >= 0.3 is 22.5 Å². The van der Waals surface area contributed by atoms with Crippen LogP contribution in [-0.4, -0.2) is 21.9 Å². The first-order chi connectivity index (χ1) is 9.14. The summed E-state index contributed by atoms with van der Waals surface area (Å²) in [5.74, 6) is 1.66. The van der Waals surface area contributed by atoms with Crippen molar-refractivity contribution in [2.24, 2.45) is 28.6 Å². The van der Waals surface area contributed by atoms with Crippen molar-refractivity contribution in [1.82, 2.24) is 0 Å². The first-order valence-corrected chi connectivity index (χ1v) is 8.40. The Labute approximate surface area is 126 Å². The molecule has 0 aromatic heterocycles. The molecule has 117 valence electrons. The molecule has 1 spiro atoms. The zero-order chi connectivity index (χ0) is 15.3. The van der Waals surface area contributed by atoms with Crippen LogP contribution >= 0.6 is 0 Å². The normalized spacial score (nSPS) is 51.9. The molecule has 3 fully saturated rings. The van der Waals surface area contributed by atoms with Crippen molar-refractivity contribution >= 4 is 0 Å². The van der Waals surface area contributed by atoms with Crippen LogP contribution in [0.5, 0.6) is 0 Å². The monoisotopic (exact) mass is 325 g/mol. The maximum absolute atomic E-state index is 10.7. The van der Waals surface area contributed by atoms with Crippen LogP contribution in [-0.2, 0) is 22.5 Å².